The van der Waals surface area contributed by atoms with Crippen LogP contribution in [0, 0.1) is 0 Å². The second kappa shape index (κ2) is 6.69. The summed E-state index contributed by atoms with van der Waals surface area (Å²) in [7, 11) is 0. The smallest absolute Gasteiger partial charge is 0.200 e. The Morgan fingerprint density at radius 3 is 2.64 bits per heavy atom. The van der Waals surface area contributed by atoms with Crippen LogP contribution in [0.4, 0.5) is 0 Å². The Hall–Kier alpha value is -0.270. The van der Waals surface area contributed by atoms with E-state index < -0.39 is 4.33 Å². The molecule has 1 aromatic heterocycles. The maximum absolute atomic E-state index is 12.2. The van der Waals surface area contributed by atoms with Crippen molar-refractivity contribution in [3.05, 3.63) is 35.4 Å². The van der Waals surface area contributed by atoms with E-state index in [0.717, 1.165) is 21.5 Å². The quantitative estimate of drug-likeness (QED) is 0.398. The Balaban J connectivity index is 1.58. The Bertz CT molecular complexity index is 688. The number of halogens is 2. The molecule has 2 aromatic rings. The third kappa shape index (κ3) is 3.79. The van der Waals surface area contributed by atoms with Crippen molar-refractivity contribution in [2.45, 2.75) is 26.2 Å². The molecule has 22 heavy (non-hydrogen) atoms. The predicted octanol–water partition coefficient (Wildman–Crippen LogP) is 4.90. The van der Waals surface area contributed by atoms with E-state index in [9.17, 15) is 4.79 Å². The van der Waals surface area contributed by atoms with Crippen molar-refractivity contribution in [3.8, 4) is 0 Å². The van der Waals surface area contributed by atoms with Crippen molar-refractivity contribution in [3.63, 3.8) is 0 Å². The van der Waals surface area contributed by atoms with E-state index in [2.05, 4.69) is 9.36 Å². The lowest BCUT2D eigenvalue weighted by atomic mass is 10.1. The van der Waals surface area contributed by atoms with Gasteiger partial charge in [0, 0.05) is 11.5 Å². The number of alkyl halides is 2. The summed E-state index contributed by atoms with van der Waals surface area (Å²) in [6.45, 7) is 0. The van der Waals surface area contributed by atoms with Gasteiger partial charge in [0.05, 0.1) is 5.75 Å². The normalized spacial score (nSPS) is 19.1. The average Bonchev–Trinajstić information content (AvgIpc) is 2.96. The second-order valence-electron chi connectivity index (χ2n) is 4.90. The monoisotopic (exact) mass is 390 g/mol. The minimum absolute atomic E-state index is 0.0799. The lowest BCUT2D eigenvalue weighted by Gasteiger charge is -2.03. The van der Waals surface area contributed by atoms with Gasteiger partial charge in [-0.2, -0.15) is 4.37 Å². The van der Waals surface area contributed by atoms with Crippen LogP contribution in [-0.4, -0.2) is 31.5 Å². The van der Waals surface area contributed by atoms with Gasteiger partial charge in [-0.15, -0.1) is 23.2 Å². The molecule has 0 spiro atoms. The van der Waals surface area contributed by atoms with Crippen molar-refractivity contribution in [1.82, 2.24) is 9.36 Å². The van der Waals surface area contributed by atoms with Crippen LogP contribution in [0.3, 0.4) is 0 Å². The number of thioether (sulfide) groups is 2. The van der Waals surface area contributed by atoms with E-state index in [1.165, 1.54) is 35.1 Å². The number of nitrogens with zero attached hydrogens (tertiary/aromatic N) is 2. The predicted molar refractivity (Wildman–Crippen MR) is 95.0 cm³/mol. The van der Waals surface area contributed by atoms with Gasteiger partial charge in [0.2, 0.25) is 5.16 Å². The maximum atomic E-state index is 12.2. The number of hydrogen-bond donors (Lipinski definition) is 0. The molecule has 1 heterocycles. The van der Waals surface area contributed by atoms with Crippen LogP contribution in [0.5, 0.6) is 0 Å². The van der Waals surface area contributed by atoms with E-state index in [0.29, 0.717) is 11.3 Å². The standard InChI is InChI=1S/C14H12Cl2N2OS3/c1-20-12-17-13(22-18-12)21-7-11(19)9-4-2-8(3-5-9)10-6-14(10,15)16/h2-5,10H,6-7H2,1H3. The number of rotatable bonds is 6. The van der Waals surface area contributed by atoms with Gasteiger partial charge in [0.25, 0.3) is 0 Å². The van der Waals surface area contributed by atoms with Gasteiger partial charge in [0.15, 0.2) is 10.1 Å². The van der Waals surface area contributed by atoms with E-state index >= 15 is 0 Å². The topological polar surface area (TPSA) is 42.9 Å². The number of aromatic nitrogens is 2. The summed E-state index contributed by atoms with van der Waals surface area (Å²) in [4.78, 5) is 16.5. The first-order chi connectivity index (χ1) is 10.5. The van der Waals surface area contributed by atoms with Crippen LogP contribution in [0.25, 0.3) is 0 Å². The summed E-state index contributed by atoms with van der Waals surface area (Å²) >= 11 is 16.4. The second-order valence-corrected chi connectivity index (χ2v) is 9.19. The van der Waals surface area contributed by atoms with Crippen LogP contribution in [0.2, 0.25) is 0 Å². The lowest BCUT2D eigenvalue weighted by molar-refractivity contribution is 0.102. The first kappa shape index (κ1) is 16.6. The Morgan fingerprint density at radius 2 is 2.09 bits per heavy atom. The summed E-state index contributed by atoms with van der Waals surface area (Å²) < 4.78 is 4.36. The van der Waals surface area contributed by atoms with Gasteiger partial charge in [-0.1, -0.05) is 47.8 Å². The van der Waals surface area contributed by atoms with E-state index in [1.807, 2.05) is 30.5 Å². The van der Waals surface area contributed by atoms with E-state index in [4.69, 9.17) is 23.2 Å². The van der Waals surface area contributed by atoms with Gasteiger partial charge < -0.3 is 0 Å². The Labute approximate surface area is 151 Å². The summed E-state index contributed by atoms with van der Waals surface area (Å²) in [6, 6.07) is 7.55. The molecule has 3 nitrogen and oxygen atoms in total. The summed E-state index contributed by atoms with van der Waals surface area (Å²) in [5.74, 6) is 0.623. The number of carbonyl (C=O) groups is 1. The Kier molecular flexibility index (Phi) is 5.04. The molecule has 1 aromatic carbocycles. The number of benzene rings is 1. The largest absolute Gasteiger partial charge is 0.293 e. The number of hydrogen-bond acceptors (Lipinski definition) is 6. The van der Waals surface area contributed by atoms with Crippen LogP contribution < -0.4 is 0 Å². The molecule has 1 saturated carbocycles. The highest BCUT2D eigenvalue weighted by Gasteiger charge is 2.52. The first-order valence-electron chi connectivity index (χ1n) is 6.51. The molecule has 0 bridgehead atoms. The molecule has 0 radical (unpaired) electrons. The van der Waals surface area contributed by atoms with Gasteiger partial charge in [0.1, 0.15) is 4.33 Å². The molecule has 1 fully saturated rings. The molecule has 1 atom stereocenters. The van der Waals surface area contributed by atoms with Crippen LogP contribution in [0.15, 0.2) is 33.8 Å². The van der Waals surface area contributed by atoms with Crippen molar-refractivity contribution in [2.75, 3.05) is 12.0 Å². The molecular formula is C14H12Cl2N2OS3. The molecule has 0 aliphatic heterocycles. The average molecular weight is 391 g/mol. The molecule has 1 aliphatic carbocycles. The highest BCUT2D eigenvalue weighted by atomic mass is 35.5. The molecular weight excluding hydrogens is 379 g/mol. The molecule has 0 saturated heterocycles. The highest BCUT2D eigenvalue weighted by molar-refractivity contribution is 8.01. The minimum Gasteiger partial charge on any atom is -0.293 e. The summed E-state index contributed by atoms with van der Waals surface area (Å²) in [5.41, 5.74) is 1.78. The van der Waals surface area contributed by atoms with Crippen molar-refractivity contribution in [1.29, 1.82) is 0 Å². The van der Waals surface area contributed by atoms with Gasteiger partial charge in [-0.05, 0) is 29.8 Å². The van der Waals surface area contributed by atoms with Gasteiger partial charge >= 0.3 is 0 Å². The van der Waals surface area contributed by atoms with E-state index in [-0.39, 0.29) is 11.7 Å². The fraction of sp³-hybridized carbons (Fsp3) is 0.357. The third-order valence-electron chi connectivity index (χ3n) is 3.36. The molecule has 0 amide bonds. The van der Waals surface area contributed by atoms with Gasteiger partial charge in [-0.25, -0.2) is 4.98 Å². The molecule has 1 aliphatic rings. The van der Waals surface area contributed by atoms with Crippen LogP contribution in [-0.2, 0) is 0 Å². The zero-order valence-corrected chi connectivity index (χ0v) is 15.5. The van der Waals surface area contributed by atoms with Crippen molar-refractivity contribution >= 4 is 64.0 Å². The van der Waals surface area contributed by atoms with Crippen LogP contribution in [0.1, 0.15) is 28.3 Å². The third-order valence-corrected chi connectivity index (χ3v) is 6.69. The number of Topliss-reactive ketones (excluding diaryl/α,β-unsaturated/α-hetero) is 1. The number of carbonyl (C=O) groups excluding carboxylic acids is 1. The summed E-state index contributed by atoms with van der Waals surface area (Å²) in [5, 5.41) is 0.749. The molecule has 1 unspecified atom stereocenters. The fourth-order valence-corrected chi connectivity index (χ4v) is 4.69. The lowest BCUT2D eigenvalue weighted by Crippen LogP contribution is -2.02. The fourth-order valence-electron chi connectivity index (χ4n) is 2.03. The van der Waals surface area contributed by atoms with E-state index in [1.54, 1.807) is 0 Å². The highest BCUT2D eigenvalue weighted by Crippen LogP contribution is 2.59. The minimum atomic E-state index is -0.631. The molecule has 8 heteroatoms. The van der Waals surface area contributed by atoms with Crippen LogP contribution >= 0.6 is 58.3 Å². The zero-order chi connectivity index (χ0) is 15.7. The van der Waals surface area contributed by atoms with Crippen molar-refractivity contribution in [2.24, 2.45) is 0 Å². The molecule has 3 rings (SSSR count). The Morgan fingerprint density at radius 1 is 1.41 bits per heavy atom. The summed E-state index contributed by atoms with van der Waals surface area (Å²) in [6.07, 6.45) is 2.70. The SMILES string of the molecule is CSc1nsc(SCC(=O)c2ccc(C3CC3(Cl)Cl)cc2)n1. The molecule has 0 N–H and O–H groups in total. The number of ketones is 1. The zero-order valence-electron chi connectivity index (χ0n) is 11.6. The van der Waals surface area contributed by atoms with Crippen molar-refractivity contribution < 1.29 is 4.79 Å². The van der Waals surface area contributed by atoms with Gasteiger partial charge in [-0.3, -0.25) is 4.79 Å². The first-order valence-corrected chi connectivity index (χ1v) is 10.2. The maximum Gasteiger partial charge on any atom is 0.200 e. The molecule has 116 valence electrons.